The summed E-state index contributed by atoms with van der Waals surface area (Å²) in [7, 11) is -11.4. The fourth-order valence-electron chi connectivity index (χ4n) is 1.99. The lowest BCUT2D eigenvalue weighted by Crippen LogP contribution is -2.23. The fourth-order valence-corrected chi connectivity index (χ4v) is 3.23. The lowest BCUT2D eigenvalue weighted by molar-refractivity contribution is -0.0444. The van der Waals surface area contributed by atoms with Crippen molar-refractivity contribution < 1.29 is 43.2 Å². The molecule has 30 heavy (non-hydrogen) atoms. The van der Waals surface area contributed by atoms with Crippen LogP contribution in [0.25, 0.3) is 11.4 Å². The average molecular weight is 476 g/mol. The number of sulfone groups is 2. The molecule has 2 aromatic heterocycles. The van der Waals surface area contributed by atoms with Crippen LogP contribution in [0.1, 0.15) is 0 Å². The van der Waals surface area contributed by atoms with E-state index in [0.717, 1.165) is 0 Å². The first-order valence-electron chi connectivity index (χ1n) is 7.23. The molecule has 0 atom stereocenters. The van der Waals surface area contributed by atoms with Crippen LogP contribution in [0.3, 0.4) is 0 Å². The van der Waals surface area contributed by atoms with Crippen molar-refractivity contribution in [3.05, 3.63) is 36.7 Å². The number of benzene rings is 1. The van der Waals surface area contributed by atoms with Gasteiger partial charge in [0.25, 0.3) is 19.7 Å². The van der Waals surface area contributed by atoms with Crippen molar-refractivity contribution >= 4 is 19.7 Å². The van der Waals surface area contributed by atoms with Crippen molar-refractivity contribution in [3.8, 4) is 11.4 Å². The zero-order valence-electron chi connectivity index (χ0n) is 13.9. The molecule has 0 aliphatic carbocycles. The van der Waals surface area contributed by atoms with Crippen molar-refractivity contribution in [2.75, 3.05) is 0 Å². The number of rotatable bonds is 4. The molecule has 0 saturated heterocycles. The Morgan fingerprint density at radius 1 is 0.633 bits per heavy atom. The van der Waals surface area contributed by atoms with Crippen LogP contribution < -0.4 is 0 Å². The van der Waals surface area contributed by atoms with Gasteiger partial charge in [-0.3, -0.25) is 0 Å². The molecule has 2 heterocycles. The number of alkyl halides is 6. The van der Waals surface area contributed by atoms with Gasteiger partial charge in [0.2, 0.25) is 10.1 Å². The Hall–Kier alpha value is -3.02. The summed E-state index contributed by atoms with van der Waals surface area (Å²) in [5, 5.41) is 9.83. The highest BCUT2D eigenvalue weighted by Gasteiger charge is 2.49. The van der Waals surface area contributed by atoms with E-state index < -0.39 is 40.7 Å². The maximum absolute atomic E-state index is 12.5. The van der Waals surface area contributed by atoms with Crippen LogP contribution in [0.4, 0.5) is 26.3 Å². The zero-order valence-corrected chi connectivity index (χ0v) is 15.5. The van der Waals surface area contributed by atoms with Crippen LogP contribution >= 0.6 is 0 Å². The molecule has 1 aromatic carbocycles. The van der Waals surface area contributed by atoms with Gasteiger partial charge in [-0.25, -0.2) is 26.2 Å². The summed E-state index contributed by atoms with van der Waals surface area (Å²) in [5.41, 5.74) is -11.1. The molecule has 0 aliphatic rings. The molecule has 162 valence electrons. The number of nitrogens with zero attached hydrogens (tertiary/aromatic N) is 6. The van der Waals surface area contributed by atoms with Crippen LogP contribution in [-0.4, -0.2) is 57.8 Å². The third kappa shape index (κ3) is 3.62. The minimum atomic E-state index is -5.70. The monoisotopic (exact) mass is 476 g/mol. The molecule has 0 aliphatic heterocycles. The standard InChI is InChI=1S/C12H6F6N6O4S2/c13-11(14,15)29(25,26)9-5-23(21-19-9)7-1-2-8(4-3-7)24-6-10(20-22-24)30(27,28)12(16,17)18/h1-6H. The second-order valence-corrected chi connectivity index (χ2v) is 9.19. The predicted molar refractivity (Wildman–Crippen MR) is 82.8 cm³/mol. The molecule has 0 bridgehead atoms. The molecular formula is C12H6F6N6O4S2. The van der Waals surface area contributed by atoms with Crippen molar-refractivity contribution in [1.29, 1.82) is 0 Å². The summed E-state index contributed by atoms with van der Waals surface area (Å²) >= 11 is 0. The van der Waals surface area contributed by atoms with Gasteiger partial charge in [0.05, 0.1) is 23.8 Å². The quantitative estimate of drug-likeness (QED) is 0.517. The van der Waals surface area contributed by atoms with Crippen molar-refractivity contribution in [3.63, 3.8) is 0 Å². The van der Waals surface area contributed by atoms with Gasteiger partial charge in [-0.05, 0) is 24.3 Å². The fraction of sp³-hybridized carbons (Fsp3) is 0.167. The molecule has 3 aromatic rings. The normalized spacial score (nSPS) is 13.5. The Bertz CT molecular complexity index is 1190. The Labute approximate surface area is 162 Å². The van der Waals surface area contributed by atoms with Gasteiger partial charge < -0.3 is 0 Å². The van der Waals surface area contributed by atoms with Gasteiger partial charge in [0, 0.05) is 0 Å². The van der Waals surface area contributed by atoms with Gasteiger partial charge in [-0.1, -0.05) is 10.4 Å². The maximum Gasteiger partial charge on any atom is 0.503 e. The number of hydrogen-bond donors (Lipinski definition) is 0. The van der Waals surface area contributed by atoms with Gasteiger partial charge in [0.15, 0.2) is 0 Å². The van der Waals surface area contributed by atoms with E-state index in [1.165, 1.54) is 24.3 Å². The molecule has 0 saturated carbocycles. The summed E-state index contributed by atoms with van der Waals surface area (Å²) in [6, 6.07) is 4.75. The predicted octanol–water partition coefficient (Wildman–Crippen LogP) is 1.44. The van der Waals surface area contributed by atoms with Crippen LogP contribution in [0.15, 0.2) is 46.7 Å². The summed E-state index contributed by atoms with van der Waals surface area (Å²) in [5.74, 6) is 0. The summed E-state index contributed by atoms with van der Waals surface area (Å²) in [6.07, 6.45) is 1.03. The Kier molecular flexibility index (Phi) is 4.88. The van der Waals surface area contributed by atoms with E-state index in [1.54, 1.807) is 0 Å². The van der Waals surface area contributed by atoms with Gasteiger partial charge >= 0.3 is 11.0 Å². The minimum Gasteiger partial charge on any atom is -0.219 e. The molecule has 0 spiro atoms. The lowest BCUT2D eigenvalue weighted by Gasteiger charge is -2.04. The lowest BCUT2D eigenvalue weighted by atomic mass is 10.3. The third-order valence-electron chi connectivity index (χ3n) is 3.48. The topological polar surface area (TPSA) is 130 Å². The smallest absolute Gasteiger partial charge is 0.219 e. The van der Waals surface area contributed by atoms with E-state index in [-0.39, 0.29) is 11.4 Å². The van der Waals surface area contributed by atoms with Gasteiger partial charge in [-0.2, -0.15) is 26.3 Å². The summed E-state index contributed by atoms with van der Waals surface area (Å²) in [6.45, 7) is 0. The van der Waals surface area contributed by atoms with E-state index in [9.17, 15) is 43.2 Å². The molecule has 0 unspecified atom stereocenters. The first-order chi connectivity index (χ1) is 13.6. The van der Waals surface area contributed by atoms with E-state index in [4.69, 9.17) is 0 Å². The number of aromatic nitrogens is 6. The van der Waals surface area contributed by atoms with Crippen LogP contribution in [-0.2, 0) is 19.7 Å². The summed E-state index contributed by atoms with van der Waals surface area (Å²) < 4.78 is 122. The van der Waals surface area contributed by atoms with Crippen LogP contribution in [0.2, 0.25) is 0 Å². The first kappa shape index (κ1) is 21.7. The van der Waals surface area contributed by atoms with Gasteiger partial charge in [0.1, 0.15) is 0 Å². The minimum absolute atomic E-state index is 0.0399. The highest BCUT2D eigenvalue weighted by molar-refractivity contribution is 7.92. The molecule has 0 fully saturated rings. The second kappa shape index (κ2) is 6.76. The molecule has 0 radical (unpaired) electrons. The van der Waals surface area contributed by atoms with Crippen molar-refractivity contribution in [2.45, 2.75) is 21.1 Å². The van der Waals surface area contributed by atoms with Crippen molar-refractivity contribution in [1.82, 2.24) is 30.0 Å². The van der Waals surface area contributed by atoms with E-state index in [0.29, 0.717) is 21.8 Å². The number of hydrogen-bond acceptors (Lipinski definition) is 8. The van der Waals surface area contributed by atoms with Crippen LogP contribution in [0.5, 0.6) is 0 Å². The first-order valence-corrected chi connectivity index (χ1v) is 10.2. The highest BCUT2D eigenvalue weighted by atomic mass is 32.2. The Balaban J connectivity index is 1.89. The average Bonchev–Trinajstić information content (AvgIpc) is 3.30. The van der Waals surface area contributed by atoms with Crippen molar-refractivity contribution in [2.24, 2.45) is 0 Å². The molecule has 0 N–H and O–H groups in total. The highest BCUT2D eigenvalue weighted by Crippen LogP contribution is 2.30. The molecular weight excluding hydrogens is 470 g/mol. The SMILES string of the molecule is O=S(=O)(c1cn(-c2ccc(-n3cc(S(=O)(=O)C(F)(F)F)nn3)cc2)nn1)C(F)(F)F. The molecule has 10 nitrogen and oxygen atoms in total. The van der Waals surface area contributed by atoms with E-state index >= 15 is 0 Å². The van der Waals surface area contributed by atoms with Gasteiger partial charge in [-0.15, -0.1) is 10.2 Å². The maximum atomic E-state index is 12.5. The number of halogens is 6. The molecule has 18 heteroatoms. The molecule has 0 amide bonds. The Morgan fingerprint density at radius 2 is 0.933 bits per heavy atom. The Morgan fingerprint density at radius 3 is 1.20 bits per heavy atom. The largest absolute Gasteiger partial charge is 0.503 e. The third-order valence-corrected chi connectivity index (χ3v) is 6.18. The summed E-state index contributed by atoms with van der Waals surface area (Å²) in [4.78, 5) is 0. The van der Waals surface area contributed by atoms with E-state index in [2.05, 4.69) is 20.6 Å². The van der Waals surface area contributed by atoms with Crippen LogP contribution in [0, 0.1) is 0 Å². The molecule has 3 rings (SSSR count). The zero-order chi connectivity index (χ0) is 22.5. The van der Waals surface area contributed by atoms with E-state index in [1.807, 2.05) is 0 Å². The second-order valence-electron chi connectivity index (χ2n) is 5.42.